The normalized spacial score (nSPS) is 27.8. The third kappa shape index (κ3) is 1.93. The van der Waals surface area contributed by atoms with Crippen molar-refractivity contribution in [2.45, 2.75) is 18.6 Å². The summed E-state index contributed by atoms with van der Waals surface area (Å²) in [6.45, 7) is 0.905. The summed E-state index contributed by atoms with van der Waals surface area (Å²) in [4.78, 5) is 0. The molecule has 2 rings (SSSR count). The number of halogens is 1. The third-order valence-electron chi connectivity index (χ3n) is 2.42. The minimum Gasteiger partial charge on any atom is -0.391 e. The maximum Gasteiger partial charge on any atom is 0.0747 e. The largest absolute Gasteiger partial charge is 0.391 e. The number of benzene rings is 1. The van der Waals surface area contributed by atoms with Crippen molar-refractivity contribution in [2.75, 3.05) is 6.54 Å². The van der Waals surface area contributed by atoms with Gasteiger partial charge in [0.1, 0.15) is 0 Å². The van der Waals surface area contributed by atoms with Crippen molar-refractivity contribution < 1.29 is 5.11 Å². The molecule has 2 atom stereocenters. The van der Waals surface area contributed by atoms with Crippen LogP contribution in [0.25, 0.3) is 0 Å². The SMILES string of the molecule is O[C@@H]1CCN[C@H]1c1ccc(Br)cc1. The Morgan fingerprint density at radius 3 is 2.54 bits per heavy atom. The average Bonchev–Trinajstić information content (AvgIpc) is 2.53. The Labute approximate surface area is 86.1 Å². The highest BCUT2D eigenvalue weighted by Crippen LogP contribution is 2.24. The van der Waals surface area contributed by atoms with Gasteiger partial charge in [0, 0.05) is 4.47 Å². The van der Waals surface area contributed by atoms with Crippen LogP contribution in [0, 0.1) is 0 Å². The first kappa shape index (κ1) is 9.19. The Bertz CT molecular complexity index is 285. The number of rotatable bonds is 1. The molecule has 1 aromatic carbocycles. The van der Waals surface area contributed by atoms with E-state index in [1.807, 2.05) is 24.3 Å². The van der Waals surface area contributed by atoms with Crippen molar-refractivity contribution in [3.63, 3.8) is 0 Å². The zero-order chi connectivity index (χ0) is 9.26. The molecule has 0 aliphatic carbocycles. The van der Waals surface area contributed by atoms with Crippen LogP contribution in [0.15, 0.2) is 28.7 Å². The van der Waals surface area contributed by atoms with E-state index in [0.29, 0.717) is 0 Å². The van der Waals surface area contributed by atoms with Gasteiger partial charge in [-0.05, 0) is 30.7 Å². The van der Waals surface area contributed by atoms with Crippen LogP contribution in [0.1, 0.15) is 18.0 Å². The number of hydrogen-bond acceptors (Lipinski definition) is 2. The fourth-order valence-electron chi connectivity index (χ4n) is 1.70. The highest BCUT2D eigenvalue weighted by atomic mass is 79.9. The second-order valence-electron chi connectivity index (χ2n) is 3.34. The van der Waals surface area contributed by atoms with Crippen molar-refractivity contribution in [1.29, 1.82) is 0 Å². The van der Waals surface area contributed by atoms with Crippen LogP contribution < -0.4 is 5.32 Å². The predicted molar refractivity (Wildman–Crippen MR) is 55.5 cm³/mol. The maximum atomic E-state index is 9.64. The molecule has 2 nitrogen and oxygen atoms in total. The van der Waals surface area contributed by atoms with Gasteiger partial charge in [0.15, 0.2) is 0 Å². The van der Waals surface area contributed by atoms with Gasteiger partial charge < -0.3 is 10.4 Å². The van der Waals surface area contributed by atoms with Crippen LogP contribution in [-0.4, -0.2) is 17.8 Å². The fourth-order valence-corrected chi connectivity index (χ4v) is 1.96. The van der Waals surface area contributed by atoms with Crippen LogP contribution in [-0.2, 0) is 0 Å². The van der Waals surface area contributed by atoms with Crippen LogP contribution >= 0.6 is 15.9 Å². The zero-order valence-electron chi connectivity index (χ0n) is 7.20. The summed E-state index contributed by atoms with van der Waals surface area (Å²) in [6, 6.07) is 8.20. The molecule has 0 saturated carbocycles. The van der Waals surface area contributed by atoms with Crippen molar-refractivity contribution in [2.24, 2.45) is 0 Å². The van der Waals surface area contributed by atoms with Crippen molar-refractivity contribution in [3.8, 4) is 0 Å². The molecule has 1 heterocycles. The smallest absolute Gasteiger partial charge is 0.0747 e. The lowest BCUT2D eigenvalue weighted by atomic mass is 10.0. The molecule has 2 N–H and O–H groups in total. The molecule has 13 heavy (non-hydrogen) atoms. The summed E-state index contributed by atoms with van der Waals surface area (Å²) in [5, 5.41) is 12.9. The lowest BCUT2D eigenvalue weighted by Gasteiger charge is -2.14. The highest BCUT2D eigenvalue weighted by Gasteiger charge is 2.25. The summed E-state index contributed by atoms with van der Waals surface area (Å²) in [7, 11) is 0. The summed E-state index contributed by atoms with van der Waals surface area (Å²) >= 11 is 3.39. The summed E-state index contributed by atoms with van der Waals surface area (Å²) in [5.41, 5.74) is 1.16. The molecule has 1 fully saturated rings. The highest BCUT2D eigenvalue weighted by molar-refractivity contribution is 9.10. The van der Waals surface area contributed by atoms with Crippen molar-refractivity contribution >= 4 is 15.9 Å². The quantitative estimate of drug-likeness (QED) is 0.787. The minimum absolute atomic E-state index is 0.119. The molecule has 3 heteroatoms. The van der Waals surface area contributed by atoms with E-state index >= 15 is 0 Å². The monoisotopic (exact) mass is 241 g/mol. The number of nitrogens with one attached hydrogen (secondary N) is 1. The topological polar surface area (TPSA) is 32.3 Å². The van der Waals surface area contributed by atoms with Gasteiger partial charge in [0.25, 0.3) is 0 Å². The molecule has 1 aliphatic rings. The fraction of sp³-hybridized carbons (Fsp3) is 0.400. The Morgan fingerprint density at radius 2 is 2.00 bits per heavy atom. The Kier molecular flexibility index (Phi) is 2.67. The van der Waals surface area contributed by atoms with Crippen LogP contribution in [0.5, 0.6) is 0 Å². The maximum absolute atomic E-state index is 9.64. The molecule has 0 amide bonds. The lowest BCUT2D eigenvalue weighted by molar-refractivity contribution is 0.160. The van der Waals surface area contributed by atoms with E-state index in [4.69, 9.17) is 0 Å². The Hall–Kier alpha value is -0.380. The number of aliphatic hydroxyl groups is 1. The van der Waals surface area contributed by atoms with Gasteiger partial charge in [-0.2, -0.15) is 0 Å². The van der Waals surface area contributed by atoms with Crippen LogP contribution in [0.4, 0.5) is 0 Å². The van der Waals surface area contributed by atoms with E-state index in [0.717, 1.165) is 23.0 Å². The molecule has 0 aromatic heterocycles. The minimum atomic E-state index is -0.235. The van der Waals surface area contributed by atoms with Gasteiger partial charge in [0.2, 0.25) is 0 Å². The molecule has 1 aliphatic heterocycles. The molecule has 0 unspecified atom stereocenters. The third-order valence-corrected chi connectivity index (χ3v) is 2.95. The van der Waals surface area contributed by atoms with E-state index in [9.17, 15) is 5.11 Å². The van der Waals surface area contributed by atoms with Gasteiger partial charge in [-0.3, -0.25) is 0 Å². The van der Waals surface area contributed by atoms with Gasteiger partial charge >= 0.3 is 0 Å². The summed E-state index contributed by atoms with van der Waals surface area (Å²) in [6.07, 6.45) is 0.613. The van der Waals surface area contributed by atoms with Crippen molar-refractivity contribution in [1.82, 2.24) is 5.32 Å². The Morgan fingerprint density at radius 1 is 1.31 bits per heavy atom. The average molecular weight is 242 g/mol. The number of aliphatic hydroxyl groups excluding tert-OH is 1. The Balaban J connectivity index is 2.20. The van der Waals surface area contributed by atoms with E-state index < -0.39 is 0 Å². The molecule has 70 valence electrons. The standard InChI is InChI=1S/C10H12BrNO/c11-8-3-1-7(2-4-8)10-9(13)5-6-12-10/h1-4,9-10,12-13H,5-6H2/t9-,10+/m1/s1. The number of hydrogen-bond donors (Lipinski definition) is 2. The molecule has 0 spiro atoms. The van der Waals surface area contributed by atoms with Gasteiger partial charge in [0.05, 0.1) is 12.1 Å². The van der Waals surface area contributed by atoms with E-state index in [1.54, 1.807) is 0 Å². The van der Waals surface area contributed by atoms with Crippen LogP contribution in [0.2, 0.25) is 0 Å². The van der Waals surface area contributed by atoms with Gasteiger partial charge in [-0.15, -0.1) is 0 Å². The van der Waals surface area contributed by atoms with Crippen LogP contribution in [0.3, 0.4) is 0 Å². The molecular weight excluding hydrogens is 230 g/mol. The van der Waals surface area contributed by atoms with E-state index in [2.05, 4.69) is 21.2 Å². The predicted octanol–water partition coefficient (Wildman–Crippen LogP) is 1.84. The van der Waals surface area contributed by atoms with E-state index in [1.165, 1.54) is 0 Å². The van der Waals surface area contributed by atoms with E-state index in [-0.39, 0.29) is 12.1 Å². The lowest BCUT2D eigenvalue weighted by Crippen LogP contribution is -2.20. The second kappa shape index (κ2) is 3.78. The molecular formula is C10H12BrNO. The first-order valence-corrected chi connectivity index (χ1v) is 5.23. The molecule has 0 bridgehead atoms. The molecule has 1 saturated heterocycles. The first-order chi connectivity index (χ1) is 6.27. The second-order valence-corrected chi connectivity index (χ2v) is 4.26. The zero-order valence-corrected chi connectivity index (χ0v) is 8.79. The molecule has 0 radical (unpaired) electrons. The first-order valence-electron chi connectivity index (χ1n) is 4.44. The van der Waals surface area contributed by atoms with Gasteiger partial charge in [-0.25, -0.2) is 0 Å². The summed E-state index contributed by atoms with van der Waals surface area (Å²) < 4.78 is 1.07. The van der Waals surface area contributed by atoms with Crippen molar-refractivity contribution in [3.05, 3.63) is 34.3 Å². The van der Waals surface area contributed by atoms with Gasteiger partial charge in [-0.1, -0.05) is 28.1 Å². The summed E-state index contributed by atoms with van der Waals surface area (Å²) in [5.74, 6) is 0. The molecule has 1 aromatic rings.